The molecule has 3 rings (SSSR count). The largest absolute Gasteiger partial charge is 0.474 e. The monoisotopic (exact) mass is 396 g/mol. The van der Waals surface area contributed by atoms with Crippen LogP contribution in [0.1, 0.15) is 54.8 Å². The molecule has 1 saturated carbocycles. The van der Waals surface area contributed by atoms with E-state index < -0.39 is 12.1 Å². The van der Waals surface area contributed by atoms with Gasteiger partial charge in [0.25, 0.3) is 0 Å². The Morgan fingerprint density at radius 1 is 1.21 bits per heavy atom. The van der Waals surface area contributed by atoms with Crippen molar-refractivity contribution in [1.29, 1.82) is 0 Å². The van der Waals surface area contributed by atoms with Crippen LogP contribution in [0.3, 0.4) is 0 Å². The number of pyridine rings is 1. The molecule has 1 heterocycles. The Hall–Kier alpha value is -3.09. The standard InChI is InChI=1S/C22H28N4O3/c1-15-6-2-5-9-18(15)19(26-22(23)28)12-20(27)24-13-16-10-11-21(25-14-16)29-17-7-3-4-8-17/h2,5-6,9-11,14,17,19H,3-4,7-8,12-13H2,1H3,(H,24,27)(H3,23,26,28). The van der Waals surface area contributed by atoms with E-state index in [1.807, 2.05) is 43.3 Å². The lowest BCUT2D eigenvalue weighted by Crippen LogP contribution is -2.36. The number of nitrogens with zero attached hydrogens (tertiary/aromatic N) is 1. The van der Waals surface area contributed by atoms with Gasteiger partial charge in [-0.25, -0.2) is 9.78 Å². The summed E-state index contributed by atoms with van der Waals surface area (Å²) in [6, 6.07) is 10.2. The summed E-state index contributed by atoms with van der Waals surface area (Å²) < 4.78 is 5.86. The zero-order chi connectivity index (χ0) is 20.6. The van der Waals surface area contributed by atoms with E-state index in [1.54, 1.807) is 6.20 Å². The topological polar surface area (TPSA) is 106 Å². The van der Waals surface area contributed by atoms with Gasteiger partial charge in [-0.05, 0) is 49.3 Å². The third kappa shape index (κ3) is 6.20. The molecule has 1 aliphatic rings. The number of urea groups is 1. The lowest BCUT2D eigenvalue weighted by Gasteiger charge is -2.19. The second-order valence-corrected chi connectivity index (χ2v) is 7.43. The molecule has 0 spiro atoms. The van der Waals surface area contributed by atoms with Crippen LogP contribution in [0.25, 0.3) is 0 Å². The number of ether oxygens (including phenoxy) is 1. The van der Waals surface area contributed by atoms with Crippen LogP contribution in [0.2, 0.25) is 0 Å². The number of carbonyl (C=O) groups is 2. The Kier molecular flexibility index (Phi) is 7.05. The minimum Gasteiger partial charge on any atom is -0.474 e. The van der Waals surface area contributed by atoms with Crippen LogP contribution >= 0.6 is 0 Å². The van der Waals surface area contributed by atoms with Gasteiger partial charge in [0.1, 0.15) is 6.10 Å². The van der Waals surface area contributed by atoms with Gasteiger partial charge in [0.2, 0.25) is 11.8 Å². The van der Waals surface area contributed by atoms with E-state index in [0.717, 1.165) is 29.5 Å². The first-order valence-electron chi connectivity index (χ1n) is 10.0. The maximum Gasteiger partial charge on any atom is 0.312 e. The zero-order valence-corrected chi connectivity index (χ0v) is 16.7. The summed E-state index contributed by atoms with van der Waals surface area (Å²) in [6.45, 7) is 2.29. The summed E-state index contributed by atoms with van der Waals surface area (Å²) in [4.78, 5) is 28.1. The third-order valence-corrected chi connectivity index (χ3v) is 5.15. The molecule has 7 nitrogen and oxygen atoms in total. The average molecular weight is 396 g/mol. The van der Waals surface area contributed by atoms with E-state index in [1.165, 1.54) is 12.8 Å². The number of primary amides is 1. The number of aromatic nitrogens is 1. The van der Waals surface area contributed by atoms with E-state index in [9.17, 15) is 9.59 Å². The van der Waals surface area contributed by atoms with Gasteiger partial charge in [-0.2, -0.15) is 0 Å². The predicted octanol–water partition coefficient (Wildman–Crippen LogP) is 3.13. The highest BCUT2D eigenvalue weighted by atomic mass is 16.5. The number of hydrogen-bond acceptors (Lipinski definition) is 4. The van der Waals surface area contributed by atoms with Gasteiger partial charge in [-0.3, -0.25) is 4.79 Å². The van der Waals surface area contributed by atoms with Gasteiger partial charge < -0.3 is 21.1 Å². The van der Waals surface area contributed by atoms with Crippen molar-refractivity contribution < 1.29 is 14.3 Å². The molecule has 0 saturated heterocycles. The molecule has 1 atom stereocenters. The van der Waals surface area contributed by atoms with Crippen molar-refractivity contribution >= 4 is 11.9 Å². The van der Waals surface area contributed by atoms with Crippen LogP contribution in [-0.4, -0.2) is 23.0 Å². The van der Waals surface area contributed by atoms with Crippen LogP contribution in [-0.2, 0) is 11.3 Å². The number of nitrogens with one attached hydrogen (secondary N) is 2. The highest BCUT2D eigenvalue weighted by Gasteiger charge is 2.19. The van der Waals surface area contributed by atoms with Crippen molar-refractivity contribution in [3.05, 3.63) is 59.3 Å². The van der Waals surface area contributed by atoms with Gasteiger partial charge in [-0.15, -0.1) is 0 Å². The normalized spacial score (nSPS) is 14.9. The molecule has 7 heteroatoms. The molecular weight excluding hydrogens is 368 g/mol. The summed E-state index contributed by atoms with van der Waals surface area (Å²) in [5.74, 6) is 0.440. The van der Waals surface area contributed by atoms with Gasteiger partial charge in [0, 0.05) is 18.8 Å². The number of nitrogens with two attached hydrogens (primary N) is 1. The summed E-state index contributed by atoms with van der Waals surface area (Å²) in [5.41, 5.74) is 8.03. The number of hydrogen-bond donors (Lipinski definition) is 3. The summed E-state index contributed by atoms with van der Waals surface area (Å²) in [6.07, 6.45) is 6.67. The van der Waals surface area contributed by atoms with Crippen molar-refractivity contribution in [3.63, 3.8) is 0 Å². The van der Waals surface area contributed by atoms with Crippen molar-refractivity contribution in [2.75, 3.05) is 0 Å². The van der Waals surface area contributed by atoms with Gasteiger partial charge >= 0.3 is 6.03 Å². The molecule has 2 aromatic rings. The van der Waals surface area contributed by atoms with Crippen LogP contribution in [0.5, 0.6) is 5.88 Å². The summed E-state index contributed by atoms with van der Waals surface area (Å²) in [7, 11) is 0. The first kappa shape index (κ1) is 20.6. The van der Waals surface area contributed by atoms with Crippen molar-refractivity contribution in [2.24, 2.45) is 5.73 Å². The minimum absolute atomic E-state index is 0.101. The lowest BCUT2D eigenvalue weighted by molar-refractivity contribution is -0.121. The minimum atomic E-state index is -0.659. The van der Waals surface area contributed by atoms with E-state index in [2.05, 4.69) is 15.6 Å². The van der Waals surface area contributed by atoms with Gasteiger partial charge in [0.05, 0.1) is 12.5 Å². The molecule has 154 valence electrons. The van der Waals surface area contributed by atoms with Crippen LogP contribution in [0.15, 0.2) is 42.6 Å². The van der Waals surface area contributed by atoms with E-state index in [0.29, 0.717) is 12.4 Å². The second kappa shape index (κ2) is 9.91. The fourth-order valence-corrected chi connectivity index (χ4v) is 3.61. The lowest BCUT2D eigenvalue weighted by atomic mass is 9.98. The summed E-state index contributed by atoms with van der Waals surface area (Å²) >= 11 is 0. The third-order valence-electron chi connectivity index (χ3n) is 5.15. The molecule has 0 aliphatic heterocycles. The zero-order valence-electron chi connectivity index (χ0n) is 16.7. The SMILES string of the molecule is Cc1ccccc1C(CC(=O)NCc1ccc(OC2CCCC2)nc1)NC(N)=O. The first-order chi connectivity index (χ1) is 14.0. The quantitative estimate of drug-likeness (QED) is 0.637. The number of amides is 3. The highest BCUT2D eigenvalue weighted by molar-refractivity contribution is 5.78. The van der Waals surface area contributed by atoms with Crippen molar-refractivity contribution in [3.8, 4) is 5.88 Å². The highest BCUT2D eigenvalue weighted by Crippen LogP contribution is 2.23. The maximum absolute atomic E-state index is 12.4. The molecule has 1 aliphatic carbocycles. The molecule has 1 aromatic heterocycles. The molecule has 3 amide bonds. The fourth-order valence-electron chi connectivity index (χ4n) is 3.61. The van der Waals surface area contributed by atoms with E-state index >= 15 is 0 Å². The molecule has 0 radical (unpaired) electrons. The first-order valence-corrected chi connectivity index (χ1v) is 10.0. The molecule has 4 N–H and O–H groups in total. The Morgan fingerprint density at radius 2 is 1.97 bits per heavy atom. The molecular formula is C22H28N4O3. The van der Waals surface area contributed by atoms with Crippen LogP contribution in [0, 0.1) is 6.92 Å². The van der Waals surface area contributed by atoms with Crippen molar-refractivity contribution in [1.82, 2.24) is 15.6 Å². The Morgan fingerprint density at radius 3 is 2.62 bits per heavy atom. The Labute approximate surface area is 171 Å². The Bertz CT molecular complexity index is 832. The molecule has 1 aromatic carbocycles. The molecule has 29 heavy (non-hydrogen) atoms. The smallest absolute Gasteiger partial charge is 0.312 e. The summed E-state index contributed by atoms with van der Waals surface area (Å²) in [5, 5.41) is 5.53. The molecule has 0 bridgehead atoms. The number of benzene rings is 1. The van der Waals surface area contributed by atoms with Crippen LogP contribution < -0.4 is 21.1 Å². The Balaban J connectivity index is 1.53. The number of rotatable bonds is 8. The van der Waals surface area contributed by atoms with Gasteiger partial charge in [0.15, 0.2) is 0 Å². The molecule has 1 fully saturated rings. The maximum atomic E-state index is 12.4. The fraction of sp³-hybridized carbons (Fsp3) is 0.409. The van der Waals surface area contributed by atoms with Gasteiger partial charge in [-0.1, -0.05) is 30.3 Å². The number of aryl methyl sites for hydroxylation is 1. The van der Waals surface area contributed by atoms with Crippen LogP contribution in [0.4, 0.5) is 4.79 Å². The van der Waals surface area contributed by atoms with E-state index in [-0.39, 0.29) is 18.4 Å². The molecule has 1 unspecified atom stereocenters. The second-order valence-electron chi connectivity index (χ2n) is 7.43. The number of carbonyl (C=O) groups excluding carboxylic acids is 2. The van der Waals surface area contributed by atoms with Crippen molar-refractivity contribution in [2.45, 2.75) is 57.7 Å². The predicted molar refractivity (Wildman–Crippen MR) is 110 cm³/mol. The van der Waals surface area contributed by atoms with E-state index in [4.69, 9.17) is 10.5 Å². The average Bonchev–Trinajstić information content (AvgIpc) is 3.20.